The van der Waals surface area contributed by atoms with Crippen molar-refractivity contribution in [2.45, 2.75) is 51.6 Å². The minimum absolute atomic E-state index is 0.108. The quantitative estimate of drug-likeness (QED) is 0.770. The highest BCUT2D eigenvalue weighted by molar-refractivity contribution is 7.13. The molecule has 3 nitrogen and oxygen atoms in total. The first-order valence-electron chi connectivity index (χ1n) is 6.22. The van der Waals surface area contributed by atoms with Crippen LogP contribution in [0.15, 0.2) is 0 Å². The fourth-order valence-electron chi connectivity index (χ4n) is 2.40. The van der Waals surface area contributed by atoms with Crippen molar-refractivity contribution in [3.8, 4) is 0 Å². The minimum atomic E-state index is 0.108. The van der Waals surface area contributed by atoms with Gasteiger partial charge < -0.3 is 4.74 Å². The zero-order valence-corrected chi connectivity index (χ0v) is 11.3. The van der Waals surface area contributed by atoms with E-state index in [0.717, 1.165) is 15.6 Å². The first kappa shape index (κ1) is 12.7. The van der Waals surface area contributed by atoms with E-state index in [1.165, 1.54) is 32.1 Å². The molecule has 0 saturated heterocycles. The van der Waals surface area contributed by atoms with Gasteiger partial charge in [-0.15, -0.1) is 11.3 Å². The van der Waals surface area contributed by atoms with Gasteiger partial charge in [-0.1, -0.05) is 19.3 Å². The smallest absolute Gasteiger partial charge is 0.171 e. The number of thiazole rings is 1. The summed E-state index contributed by atoms with van der Waals surface area (Å²) in [5.74, 6) is 0.675. The highest BCUT2D eigenvalue weighted by Gasteiger charge is 2.22. The molecule has 1 aliphatic carbocycles. The van der Waals surface area contributed by atoms with Crippen LogP contribution in [0.4, 0.5) is 0 Å². The molecule has 0 aliphatic heterocycles. The molecule has 94 valence electrons. The lowest BCUT2D eigenvalue weighted by Crippen LogP contribution is -2.04. The molecule has 0 N–H and O–H groups in total. The number of carbonyl (C=O) groups is 1. The fraction of sp³-hybridized carbons (Fsp3) is 0.692. The van der Waals surface area contributed by atoms with Crippen molar-refractivity contribution in [3.63, 3.8) is 0 Å². The lowest BCUT2D eigenvalue weighted by molar-refractivity contribution is 0.101. The Kier molecular flexibility index (Phi) is 4.29. The van der Waals surface area contributed by atoms with E-state index in [1.54, 1.807) is 25.4 Å². The summed E-state index contributed by atoms with van der Waals surface area (Å²) in [6.45, 7) is 2.05. The second kappa shape index (κ2) is 5.74. The van der Waals surface area contributed by atoms with E-state index in [4.69, 9.17) is 4.74 Å². The Balaban J connectivity index is 2.22. The summed E-state index contributed by atoms with van der Waals surface area (Å²) >= 11 is 1.57. The summed E-state index contributed by atoms with van der Waals surface area (Å²) in [7, 11) is 1.64. The third-order valence-corrected chi connectivity index (χ3v) is 4.63. The van der Waals surface area contributed by atoms with E-state index in [9.17, 15) is 4.79 Å². The Morgan fingerprint density at radius 1 is 1.41 bits per heavy atom. The SMILES string of the molecule is COCc1nc(C2CCCCC2)sc1C(C)=O. The average Bonchev–Trinajstić information content (AvgIpc) is 2.75. The summed E-state index contributed by atoms with van der Waals surface area (Å²) in [6.07, 6.45) is 6.36. The Morgan fingerprint density at radius 3 is 2.71 bits per heavy atom. The van der Waals surface area contributed by atoms with Crippen molar-refractivity contribution in [1.29, 1.82) is 0 Å². The Labute approximate surface area is 106 Å². The van der Waals surface area contributed by atoms with Crippen LogP contribution < -0.4 is 0 Å². The van der Waals surface area contributed by atoms with E-state index in [1.807, 2.05) is 0 Å². The van der Waals surface area contributed by atoms with Crippen LogP contribution in [0.2, 0.25) is 0 Å². The maximum Gasteiger partial charge on any atom is 0.171 e. The number of aromatic nitrogens is 1. The van der Waals surface area contributed by atoms with Crippen molar-refractivity contribution >= 4 is 17.1 Å². The lowest BCUT2D eigenvalue weighted by Gasteiger charge is -2.18. The molecule has 0 radical (unpaired) electrons. The number of ketones is 1. The fourth-order valence-corrected chi connectivity index (χ4v) is 3.54. The molecule has 17 heavy (non-hydrogen) atoms. The third kappa shape index (κ3) is 2.93. The number of methoxy groups -OCH3 is 1. The van der Waals surface area contributed by atoms with Crippen molar-refractivity contribution < 1.29 is 9.53 Å². The van der Waals surface area contributed by atoms with Crippen LogP contribution in [0.25, 0.3) is 0 Å². The van der Waals surface area contributed by atoms with Gasteiger partial charge in [0.1, 0.15) is 0 Å². The molecule has 0 unspecified atom stereocenters. The van der Waals surface area contributed by atoms with Gasteiger partial charge in [0.2, 0.25) is 0 Å². The minimum Gasteiger partial charge on any atom is -0.378 e. The van der Waals surface area contributed by atoms with Crippen LogP contribution >= 0.6 is 11.3 Å². The molecule has 0 aromatic carbocycles. The highest BCUT2D eigenvalue weighted by Crippen LogP contribution is 2.36. The molecule has 1 aromatic heterocycles. The molecule has 2 rings (SSSR count). The molecule has 4 heteroatoms. The van der Waals surface area contributed by atoms with E-state index < -0.39 is 0 Å². The van der Waals surface area contributed by atoms with Crippen molar-refractivity contribution in [1.82, 2.24) is 4.98 Å². The van der Waals surface area contributed by atoms with E-state index in [0.29, 0.717) is 12.5 Å². The van der Waals surface area contributed by atoms with Crippen LogP contribution in [0.5, 0.6) is 0 Å². The number of hydrogen-bond donors (Lipinski definition) is 0. The van der Waals surface area contributed by atoms with Crippen molar-refractivity contribution in [2.24, 2.45) is 0 Å². The summed E-state index contributed by atoms with van der Waals surface area (Å²) in [4.78, 5) is 17.0. The predicted molar refractivity (Wildman–Crippen MR) is 68.7 cm³/mol. The second-order valence-electron chi connectivity index (χ2n) is 4.65. The van der Waals surface area contributed by atoms with E-state index in [2.05, 4.69) is 4.98 Å². The zero-order chi connectivity index (χ0) is 12.3. The van der Waals surface area contributed by atoms with Gasteiger partial charge in [-0.05, 0) is 12.8 Å². The lowest BCUT2D eigenvalue weighted by atomic mass is 9.90. The summed E-state index contributed by atoms with van der Waals surface area (Å²) in [5.41, 5.74) is 0.825. The maximum absolute atomic E-state index is 11.6. The first-order valence-corrected chi connectivity index (χ1v) is 7.03. The molecule has 0 atom stereocenters. The van der Waals surface area contributed by atoms with Crippen molar-refractivity contribution in [3.05, 3.63) is 15.6 Å². The molecule has 1 fully saturated rings. The van der Waals surface area contributed by atoms with Gasteiger partial charge in [0.25, 0.3) is 0 Å². The molecule has 0 spiro atoms. The number of hydrogen-bond acceptors (Lipinski definition) is 4. The van der Waals surface area contributed by atoms with Crippen molar-refractivity contribution in [2.75, 3.05) is 7.11 Å². The van der Waals surface area contributed by atoms with Gasteiger partial charge in [-0.2, -0.15) is 0 Å². The van der Waals surface area contributed by atoms with Gasteiger partial charge in [0, 0.05) is 20.0 Å². The zero-order valence-electron chi connectivity index (χ0n) is 10.5. The Morgan fingerprint density at radius 2 is 2.12 bits per heavy atom. The monoisotopic (exact) mass is 253 g/mol. The van der Waals surface area contributed by atoms with E-state index >= 15 is 0 Å². The van der Waals surface area contributed by atoms with Crippen LogP contribution in [-0.4, -0.2) is 17.9 Å². The summed E-state index contributed by atoms with van der Waals surface area (Å²) < 4.78 is 5.11. The van der Waals surface area contributed by atoms with Gasteiger partial charge in [0.15, 0.2) is 5.78 Å². The van der Waals surface area contributed by atoms with Crippen LogP contribution in [0.3, 0.4) is 0 Å². The number of nitrogens with zero attached hydrogens (tertiary/aromatic N) is 1. The third-order valence-electron chi connectivity index (χ3n) is 3.27. The van der Waals surface area contributed by atoms with Crippen LogP contribution in [-0.2, 0) is 11.3 Å². The van der Waals surface area contributed by atoms with Gasteiger partial charge >= 0.3 is 0 Å². The largest absolute Gasteiger partial charge is 0.378 e. The number of carbonyl (C=O) groups excluding carboxylic acids is 1. The molecule has 0 bridgehead atoms. The highest BCUT2D eigenvalue weighted by atomic mass is 32.1. The molecule has 1 aromatic rings. The topological polar surface area (TPSA) is 39.2 Å². The standard InChI is InChI=1S/C13H19NO2S/c1-9(15)12-11(8-16-2)14-13(17-12)10-6-4-3-5-7-10/h10H,3-8H2,1-2H3. The predicted octanol–water partition coefficient (Wildman–Crippen LogP) is 3.54. The molecular formula is C13H19NO2S. The first-order chi connectivity index (χ1) is 8.22. The second-order valence-corrected chi connectivity index (χ2v) is 5.68. The Hall–Kier alpha value is -0.740. The van der Waals surface area contributed by atoms with E-state index in [-0.39, 0.29) is 5.78 Å². The molecule has 1 saturated carbocycles. The Bertz CT molecular complexity index is 394. The molecule has 1 aliphatic rings. The maximum atomic E-state index is 11.6. The normalized spacial score (nSPS) is 17.3. The van der Waals surface area contributed by atoms with Crippen LogP contribution in [0.1, 0.15) is 65.3 Å². The number of ether oxygens (including phenoxy) is 1. The summed E-state index contributed by atoms with van der Waals surface area (Å²) in [6, 6.07) is 0. The van der Waals surface area contributed by atoms with Gasteiger partial charge in [-0.3, -0.25) is 4.79 Å². The van der Waals surface area contributed by atoms with Gasteiger partial charge in [0.05, 0.1) is 22.2 Å². The molecule has 0 amide bonds. The van der Waals surface area contributed by atoms with Gasteiger partial charge in [-0.25, -0.2) is 4.98 Å². The number of rotatable bonds is 4. The average molecular weight is 253 g/mol. The van der Waals surface area contributed by atoms with Crippen LogP contribution in [0, 0.1) is 0 Å². The molecular weight excluding hydrogens is 234 g/mol. The number of Topliss-reactive ketones (excluding diaryl/α,β-unsaturated/α-hetero) is 1. The summed E-state index contributed by atoms with van der Waals surface area (Å²) in [5, 5.41) is 1.14. The molecule has 1 heterocycles.